The van der Waals surface area contributed by atoms with Gasteiger partial charge in [0.2, 0.25) is 0 Å². The molecule has 1 atom stereocenters. The van der Waals surface area contributed by atoms with Gasteiger partial charge < -0.3 is 19.9 Å². The first-order chi connectivity index (χ1) is 11.0. The third kappa shape index (κ3) is 3.57. The third-order valence-corrected chi connectivity index (χ3v) is 6.91. The van der Waals surface area contributed by atoms with Gasteiger partial charge in [0.25, 0.3) is 10.0 Å². The monoisotopic (exact) mass is 362 g/mol. The number of hydrogen-bond acceptors (Lipinski definition) is 7. The Morgan fingerprint density at radius 1 is 1.43 bits per heavy atom. The predicted molar refractivity (Wildman–Crippen MR) is 82.4 cm³/mol. The number of aromatic carboxylic acids is 1. The van der Waals surface area contributed by atoms with E-state index in [1.807, 2.05) is 0 Å². The van der Waals surface area contributed by atoms with E-state index < -0.39 is 16.0 Å². The average molecular weight is 362 g/mol. The van der Waals surface area contributed by atoms with Crippen molar-refractivity contribution in [3.63, 3.8) is 0 Å². The van der Waals surface area contributed by atoms with E-state index in [0.717, 1.165) is 16.2 Å². The van der Waals surface area contributed by atoms with Gasteiger partial charge in [-0.25, -0.2) is 17.9 Å². The summed E-state index contributed by atoms with van der Waals surface area (Å²) in [5.74, 6) is -1.21. The van der Waals surface area contributed by atoms with Gasteiger partial charge in [0.05, 0.1) is 31.5 Å². The van der Waals surface area contributed by atoms with E-state index in [2.05, 4.69) is 10.0 Å². The lowest BCUT2D eigenvalue weighted by molar-refractivity contribution is -0.0846. The molecule has 0 saturated carbocycles. The van der Waals surface area contributed by atoms with Gasteiger partial charge in [-0.3, -0.25) is 0 Å². The van der Waals surface area contributed by atoms with Crippen molar-refractivity contribution in [3.8, 4) is 0 Å². The number of carboxylic acids is 1. The van der Waals surface area contributed by atoms with Gasteiger partial charge in [-0.1, -0.05) is 0 Å². The largest absolute Gasteiger partial charge is 0.478 e. The fraction of sp³-hybridized carbons (Fsp3) is 0.615. The number of hydrogen-bond donors (Lipinski definition) is 3. The highest BCUT2D eigenvalue weighted by atomic mass is 32.2. The van der Waals surface area contributed by atoms with Crippen LogP contribution in [-0.4, -0.2) is 58.5 Å². The van der Waals surface area contributed by atoms with Gasteiger partial charge in [0.1, 0.15) is 4.21 Å². The van der Waals surface area contributed by atoms with Crippen molar-refractivity contribution in [1.29, 1.82) is 0 Å². The molecule has 0 aromatic carbocycles. The fourth-order valence-corrected chi connectivity index (χ4v) is 5.61. The molecule has 3 rings (SSSR count). The summed E-state index contributed by atoms with van der Waals surface area (Å²) in [5, 5.41) is 12.6. The second-order valence-corrected chi connectivity index (χ2v) is 8.39. The summed E-state index contributed by atoms with van der Waals surface area (Å²) in [7, 11) is -3.91. The quantitative estimate of drug-likeness (QED) is 0.664. The van der Waals surface area contributed by atoms with Crippen LogP contribution in [0.4, 0.5) is 0 Å². The van der Waals surface area contributed by atoms with Crippen molar-refractivity contribution in [2.75, 3.05) is 32.9 Å². The highest BCUT2D eigenvalue weighted by Gasteiger charge is 2.32. The summed E-state index contributed by atoms with van der Waals surface area (Å²) in [4.78, 5) is 12.3. The van der Waals surface area contributed by atoms with Gasteiger partial charge in [-0.15, -0.1) is 11.3 Å². The maximum Gasteiger partial charge on any atom is 0.338 e. The molecule has 3 heterocycles. The molecule has 0 unspecified atom stereocenters. The van der Waals surface area contributed by atoms with Crippen LogP contribution in [0.5, 0.6) is 0 Å². The molecule has 0 spiro atoms. The summed E-state index contributed by atoms with van der Waals surface area (Å²) in [5.41, 5.74) is 0.527. The second-order valence-electron chi connectivity index (χ2n) is 5.32. The number of ether oxygens (including phenoxy) is 2. The number of thiophene rings is 1. The zero-order valence-corrected chi connectivity index (χ0v) is 14.0. The molecular weight excluding hydrogens is 344 g/mol. The van der Waals surface area contributed by atoms with Crippen LogP contribution in [-0.2, 0) is 32.5 Å². The minimum atomic E-state index is -3.91. The number of rotatable bonds is 5. The van der Waals surface area contributed by atoms with Crippen LogP contribution in [0, 0.1) is 0 Å². The van der Waals surface area contributed by atoms with Crippen LogP contribution >= 0.6 is 11.3 Å². The van der Waals surface area contributed by atoms with Crippen molar-refractivity contribution in [2.24, 2.45) is 0 Å². The Balaban J connectivity index is 1.84. The molecule has 1 aromatic heterocycles. The Morgan fingerprint density at radius 2 is 2.26 bits per heavy atom. The number of nitrogens with one attached hydrogen (secondary N) is 2. The second kappa shape index (κ2) is 6.83. The molecule has 0 radical (unpaired) electrons. The van der Waals surface area contributed by atoms with E-state index in [-0.39, 0.29) is 22.4 Å². The van der Waals surface area contributed by atoms with E-state index in [9.17, 15) is 18.3 Å². The maximum atomic E-state index is 12.5. The third-order valence-electron chi connectivity index (χ3n) is 3.74. The summed E-state index contributed by atoms with van der Waals surface area (Å²) < 4.78 is 38.0. The molecule has 0 bridgehead atoms. The van der Waals surface area contributed by atoms with Gasteiger partial charge in [0.15, 0.2) is 0 Å². The van der Waals surface area contributed by atoms with E-state index in [1.165, 1.54) is 0 Å². The standard InChI is InChI=1S/C13H18N2O6S2/c16-12(17)11-9-1-2-14-6-10(9)22-13(11)23(18,19)15-5-8-7-20-3-4-21-8/h8,14-15H,1-7H2,(H,16,17)/t8-/m1/s1. The Labute approximate surface area is 137 Å². The van der Waals surface area contributed by atoms with Crippen LogP contribution in [0.2, 0.25) is 0 Å². The number of sulfonamides is 1. The smallest absolute Gasteiger partial charge is 0.338 e. The summed E-state index contributed by atoms with van der Waals surface area (Å²) >= 11 is 1.02. The van der Waals surface area contributed by atoms with Gasteiger partial charge in [-0.05, 0) is 18.5 Å². The minimum Gasteiger partial charge on any atom is -0.478 e. The number of carboxylic acid groups (broad SMARTS) is 1. The zero-order valence-electron chi connectivity index (χ0n) is 12.3. The van der Waals surface area contributed by atoms with Gasteiger partial charge in [-0.2, -0.15) is 0 Å². The van der Waals surface area contributed by atoms with Crippen LogP contribution < -0.4 is 10.0 Å². The molecule has 2 aliphatic rings. The number of fused-ring (bicyclic) bond motifs is 1. The summed E-state index contributed by atoms with van der Waals surface area (Å²) in [6, 6.07) is 0. The lowest BCUT2D eigenvalue weighted by Gasteiger charge is -2.22. The van der Waals surface area contributed by atoms with Gasteiger partial charge in [0, 0.05) is 18.0 Å². The molecule has 2 aliphatic heterocycles. The molecule has 8 nitrogen and oxygen atoms in total. The van der Waals surface area contributed by atoms with Gasteiger partial charge >= 0.3 is 5.97 Å². The first-order valence-corrected chi connectivity index (χ1v) is 9.56. The molecule has 1 saturated heterocycles. The van der Waals surface area contributed by atoms with E-state index in [4.69, 9.17) is 9.47 Å². The topological polar surface area (TPSA) is 114 Å². The van der Waals surface area contributed by atoms with Crippen LogP contribution in [0.1, 0.15) is 20.8 Å². The van der Waals surface area contributed by atoms with E-state index in [0.29, 0.717) is 44.9 Å². The molecule has 1 fully saturated rings. The SMILES string of the molecule is O=C(O)c1c(S(=O)(=O)NC[C@@H]2COCCO2)sc2c1CCNC2. The molecule has 0 amide bonds. The predicted octanol–water partition coefficient (Wildman–Crippen LogP) is -0.214. The molecule has 0 aliphatic carbocycles. The highest BCUT2D eigenvalue weighted by molar-refractivity contribution is 7.91. The molecular formula is C13H18N2O6S2. The lowest BCUT2D eigenvalue weighted by atomic mass is 10.1. The molecule has 128 valence electrons. The molecule has 1 aromatic rings. The normalized spacial score (nSPS) is 21.8. The average Bonchev–Trinajstić information content (AvgIpc) is 2.95. The Morgan fingerprint density at radius 3 is 2.96 bits per heavy atom. The molecule has 3 N–H and O–H groups in total. The van der Waals surface area contributed by atoms with Crippen molar-refractivity contribution < 1.29 is 27.8 Å². The van der Waals surface area contributed by atoms with Crippen molar-refractivity contribution in [3.05, 3.63) is 16.0 Å². The summed E-state index contributed by atoms with van der Waals surface area (Å²) in [6.45, 7) is 2.43. The van der Waals surface area contributed by atoms with Crippen molar-refractivity contribution in [1.82, 2.24) is 10.0 Å². The minimum absolute atomic E-state index is 0.0577. The molecule has 10 heteroatoms. The molecule has 23 heavy (non-hydrogen) atoms. The van der Waals surface area contributed by atoms with Crippen LogP contribution in [0.15, 0.2) is 4.21 Å². The van der Waals surface area contributed by atoms with E-state index in [1.54, 1.807) is 0 Å². The van der Waals surface area contributed by atoms with Crippen LogP contribution in [0.3, 0.4) is 0 Å². The maximum absolute atomic E-state index is 12.5. The van der Waals surface area contributed by atoms with Crippen LogP contribution in [0.25, 0.3) is 0 Å². The fourth-order valence-electron chi connectivity index (χ4n) is 2.64. The first-order valence-electron chi connectivity index (χ1n) is 7.26. The highest BCUT2D eigenvalue weighted by Crippen LogP contribution is 2.34. The Bertz CT molecular complexity index is 694. The van der Waals surface area contributed by atoms with E-state index >= 15 is 0 Å². The number of carbonyl (C=O) groups is 1. The van der Waals surface area contributed by atoms with Crippen molar-refractivity contribution in [2.45, 2.75) is 23.3 Å². The first kappa shape index (κ1) is 16.8. The van der Waals surface area contributed by atoms with Crippen molar-refractivity contribution >= 4 is 27.3 Å². The Hall–Kier alpha value is -1.04. The summed E-state index contributed by atoms with van der Waals surface area (Å²) in [6.07, 6.45) is 0.158. The lowest BCUT2D eigenvalue weighted by Crippen LogP contribution is -2.39. The zero-order chi connectivity index (χ0) is 16.4. The Kier molecular flexibility index (Phi) is 4.99.